The number of halogens is 4. The van der Waals surface area contributed by atoms with E-state index < -0.39 is 17.0 Å². The molecule has 9 heteroatoms. The summed E-state index contributed by atoms with van der Waals surface area (Å²) in [5.74, 6) is 0. The fourth-order valence-corrected chi connectivity index (χ4v) is 1.57. The normalized spacial score (nSPS) is 20.9. The third-order valence-electron chi connectivity index (χ3n) is 0.586. The third kappa shape index (κ3) is 6.43. The second kappa shape index (κ2) is 3.99. The van der Waals surface area contributed by atoms with Crippen molar-refractivity contribution in [1.29, 1.82) is 0 Å². The maximum absolute atomic E-state index is 10.4. The van der Waals surface area contributed by atoms with Gasteiger partial charge in [0.1, 0.15) is 5.50 Å². The lowest BCUT2D eigenvalue weighted by atomic mass is 10.8. The zero-order valence-electron chi connectivity index (χ0n) is 4.97. The largest absolute Gasteiger partial charge is 0.336 e. The van der Waals surface area contributed by atoms with Crippen molar-refractivity contribution in [1.82, 2.24) is 5.09 Å². The molecule has 0 spiro atoms. The van der Waals surface area contributed by atoms with Gasteiger partial charge in [-0.15, -0.1) is 11.6 Å². The minimum Gasteiger partial charge on any atom is -0.322 e. The molecule has 0 saturated carbocycles. The van der Waals surface area contributed by atoms with E-state index in [9.17, 15) is 4.57 Å². The van der Waals surface area contributed by atoms with Crippen LogP contribution in [0.5, 0.6) is 0 Å². The van der Waals surface area contributed by atoms with Crippen LogP contribution < -0.4 is 10.6 Å². The van der Waals surface area contributed by atoms with Crippen molar-refractivity contribution >= 4 is 54.1 Å². The number of nitrogens with two attached hydrogens (primary N) is 1. The number of alkyl halides is 4. The van der Waals surface area contributed by atoms with Crippen LogP contribution in [-0.4, -0.2) is 14.2 Å². The molecule has 11 heavy (non-hydrogen) atoms. The Morgan fingerprint density at radius 3 is 2.00 bits per heavy atom. The lowest BCUT2D eigenvalue weighted by Crippen LogP contribution is -2.34. The van der Waals surface area contributed by atoms with Crippen molar-refractivity contribution in [3.8, 4) is 0 Å². The highest BCUT2D eigenvalue weighted by atomic mass is 35.6. The minimum atomic E-state index is -3.95. The van der Waals surface area contributed by atoms with Crippen molar-refractivity contribution in [2.24, 2.45) is 5.50 Å². The van der Waals surface area contributed by atoms with Crippen LogP contribution in [0.15, 0.2) is 0 Å². The SMILES string of the molecule is NP(=O)(O)NC(Cl)C(Cl)(Cl)Cl. The number of nitrogens with one attached hydrogen (secondary N) is 1. The van der Waals surface area contributed by atoms with E-state index in [2.05, 4.69) is 5.50 Å². The van der Waals surface area contributed by atoms with Crippen LogP contribution in [0.4, 0.5) is 0 Å². The minimum absolute atomic E-state index is 1.31. The first-order valence-electron chi connectivity index (χ1n) is 2.23. The van der Waals surface area contributed by atoms with Gasteiger partial charge < -0.3 is 4.89 Å². The van der Waals surface area contributed by atoms with E-state index >= 15 is 0 Å². The van der Waals surface area contributed by atoms with Gasteiger partial charge in [0.05, 0.1) is 0 Å². The summed E-state index contributed by atoms with van der Waals surface area (Å²) in [6, 6.07) is 0. The summed E-state index contributed by atoms with van der Waals surface area (Å²) in [4.78, 5) is 8.51. The quantitative estimate of drug-likeness (QED) is 0.401. The van der Waals surface area contributed by atoms with E-state index in [-0.39, 0.29) is 0 Å². The molecule has 0 bridgehead atoms. The van der Waals surface area contributed by atoms with Gasteiger partial charge in [-0.2, -0.15) is 0 Å². The molecule has 4 nitrogen and oxygen atoms in total. The summed E-state index contributed by atoms with van der Waals surface area (Å²) in [5, 5.41) is 1.82. The molecule has 4 N–H and O–H groups in total. The Labute approximate surface area is 83.5 Å². The Bertz CT molecular complexity index is 175. The van der Waals surface area contributed by atoms with E-state index in [4.69, 9.17) is 51.3 Å². The van der Waals surface area contributed by atoms with E-state index in [0.29, 0.717) is 0 Å². The van der Waals surface area contributed by atoms with Crippen LogP contribution in [0.1, 0.15) is 0 Å². The molecule has 0 heterocycles. The Kier molecular flexibility index (Phi) is 4.45. The highest BCUT2D eigenvalue weighted by Gasteiger charge is 2.34. The first-order chi connectivity index (χ1) is 4.63. The molecular formula is C2H5Cl4N2O2P. The Balaban J connectivity index is 4.10. The summed E-state index contributed by atoms with van der Waals surface area (Å²) in [6.45, 7) is 0. The van der Waals surface area contributed by atoms with Crippen LogP contribution in [0.3, 0.4) is 0 Å². The van der Waals surface area contributed by atoms with Crippen molar-refractivity contribution in [3.63, 3.8) is 0 Å². The Morgan fingerprint density at radius 2 is 1.91 bits per heavy atom. The van der Waals surface area contributed by atoms with Gasteiger partial charge in [-0.1, -0.05) is 34.8 Å². The molecule has 68 valence electrons. The average Bonchev–Trinajstić information content (AvgIpc) is 1.56. The highest BCUT2D eigenvalue weighted by Crippen LogP contribution is 2.37. The molecule has 0 saturated heterocycles. The van der Waals surface area contributed by atoms with Gasteiger partial charge in [0.2, 0.25) is 3.79 Å². The summed E-state index contributed by atoms with van der Waals surface area (Å²) < 4.78 is 8.56. The second-order valence-corrected chi connectivity index (χ2v) is 5.97. The molecule has 0 radical (unpaired) electrons. The maximum atomic E-state index is 10.4. The summed E-state index contributed by atoms with van der Waals surface area (Å²) in [7, 11) is -3.95. The van der Waals surface area contributed by atoms with Crippen LogP contribution in [0.25, 0.3) is 0 Å². The fraction of sp³-hybridized carbons (Fsp3) is 1.00. The number of hydrogen-bond donors (Lipinski definition) is 3. The van der Waals surface area contributed by atoms with Crippen molar-refractivity contribution in [3.05, 3.63) is 0 Å². The molecule has 0 fully saturated rings. The summed E-state index contributed by atoms with van der Waals surface area (Å²) in [5.41, 5.74) is 3.36. The predicted molar refractivity (Wildman–Crippen MR) is 47.1 cm³/mol. The van der Waals surface area contributed by atoms with Gasteiger partial charge in [0.15, 0.2) is 0 Å². The maximum Gasteiger partial charge on any atom is 0.336 e. The molecule has 0 aromatic carbocycles. The molecule has 2 atom stereocenters. The average molecular weight is 262 g/mol. The number of hydrogen-bond acceptors (Lipinski definition) is 1. The number of rotatable bonds is 2. The van der Waals surface area contributed by atoms with Crippen LogP contribution in [-0.2, 0) is 4.57 Å². The topological polar surface area (TPSA) is 75.4 Å². The highest BCUT2D eigenvalue weighted by molar-refractivity contribution is 7.53. The molecule has 0 aromatic rings. The standard InChI is InChI=1S/C2H5Cl4N2O2P/c3-1(2(4,5)6)8-11(7,9)10/h1H,(H4,7,8,9,10). The second-order valence-electron chi connectivity index (χ2n) is 1.66. The first kappa shape index (κ1) is 12.3. The molecule has 0 aromatic heterocycles. The van der Waals surface area contributed by atoms with Crippen molar-refractivity contribution < 1.29 is 9.46 Å². The van der Waals surface area contributed by atoms with E-state index in [0.717, 1.165) is 0 Å². The van der Waals surface area contributed by atoms with Gasteiger partial charge >= 0.3 is 7.67 Å². The summed E-state index contributed by atoms with van der Waals surface area (Å²) >= 11 is 21.0. The van der Waals surface area contributed by atoms with Crippen molar-refractivity contribution in [2.75, 3.05) is 0 Å². The molecular weight excluding hydrogens is 257 g/mol. The summed E-state index contributed by atoms with van der Waals surface area (Å²) in [6.07, 6.45) is 0. The Morgan fingerprint density at radius 1 is 1.55 bits per heavy atom. The smallest absolute Gasteiger partial charge is 0.322 e. The van der Waals surface area contributed by atoms with Crippen LogP contribution in [0, 0.1) is 0 Å². The van der Waals surface area contributed by atoms with Gasteiger partial charge in [0.25, 0.3) is 0 Å². The molecule has 2 unspecified atom stereocenters. The van der Waals surface area contributed by atoms with Crippen molar-refractivity contribution in [2.45, 2.75) is 9.29 Å². The zero-order chi connectivity index (χ0) is 9.28. The van der Waals surface area contributed by atoms with E-state index in [1.165, 1.54) is 0 Å². The Hall–Kier alpha value is 1.27. The fourth-order valence-electron chi connectivity index (χ4n) is 0.236. The molecule has 0 amide bonds. The van der Waals surface area contributed by atoms with E-state index in [1.54, 1.807) is 0 Å². The molecule has 0 aliphatic rings. The third-order valence-corrected chi connectivity index (χ3v) is 2.79. The van der Waals surface area contributed by atoms with E-state index in [1.807, 2.05) is 5.09 Å². The lowest BCUT2D eigenvalue weighted by Gasteiger charge is -2.19. The predicted octanol–water partition coefficient (Wildman–Crippen LogP) is 1.57. The first-order valence-corrected chi connectivity index (χ1v) is 5.53. The van der Waals surface area contributed by atoms with Gasteiger partial charge in [0, 0.05) is 0 Å². The van der Waals surface area contributed by atoms with Crippen LogP contribution >= 0.6 is 54.1 Å². The van der Waals surface area contributed by atoms with Gasteiger partial charge in [-0.3, -0.25) is 4.57 Å². The zero-order valence-corrected chi connectivity index (χ0v) is 8.89. The lowest BCUT2D eigenvalue weighted by molar-refractivity contribution is 0.461. The molecule has 0 rings (SSSR count). The van der Waals surface area contributed by atoms with Gasteiger partial charge in [-0.05, 0) is 0 Å². The van der Waals surface area contributed by atoms with Gasteiger partial charge in [-0.25, -0.2) is 10.6 Å². The molecule has 0 aliphatic heterocycles. The molecule has 0 aliphatic carbocycles. The van der Waals surface area contributed by atoms with Crippen LogP contribution in [0.2, 0.25) is 0 Å². The monoisotopic (exact) mass is 260 g/mol.